The smallest absolute Gasteiger partial charge is 0.228 e. The summed E-state index contributed by atoms with van der Waals surface area (Å²) in [7, 11) is 0. The van der Waals surface area contributed by atoms with E-state index in [1.54, 1.807) is 12.1 Å². The highest BCUT2D eigenvalue weighted by Crippen LogP contribution is 2.64. The SMILES string of the molecule is CC1(C)C(C(=O)Nc2cccc(Cl)c2)C1c1ccccc1. The van der Waals surface area contributed by atoms with Crippen molar-refractivity contribution in [2.75, 3.05) is 5.32 Å². The number of carbonyl (C=O) groups excluding carboxylic acids is 1. The van der Waals surface area contributed by atoms with Crippen molar-refractivity contribution in [3.8, 4) is 0 Å². The summed E-state index contributed by atoms with van der Waals surface area (Å²) in [5, 5.41) is 3.60. The van der Waals surface area contributed by atoms with Gasteiger partial charge in [-0.05, 0) is 29.2 Å². The fraction of sp³-hybridized carbons (Fsp3) is 0.278. The molecule has 1 N–H and O–H groups in total. The van der Waals surface area contributed by atoms with Gasteiger partial charge in [0.15, 0.2) is 0 Å². The monoisotopic (exact) mass is 299 g/mol. The second-order valence-electron chi connectivity index (χ2n) is 6.19. The lowest BCUT2D eigenvalue weighted by Crippen LogP contribution is -2.16. The topological polar surface area (TPSA) is 29.1 Å². The van der Waals surface area contributed by atoms with Gasteiger partial charge in [-0.2, -0.15) is 0 Å². The van der Waals surface area contributed by atoms with Crippen LogP contribution in [0.4, 0.5) is 5.69 Å². The number of rotatable bonds is 3. The molecule has 0 heterocycles. The van der Waals surface area contributed by atoms with Crippen LogP contribution in [0.25, 0.3) is 0 Å². The number of carbonyl (C=O) groups is 1. The summed E-state index contributed by atoms with van der Waals surface area (Å²) < 4.78 is 0. The predicted molar refractivity (Wildman–Crippen MR) is 86.5 cm³/mol. The molecule has 2 aromatic rings. The van der Waals surface area contributed by atoms with E-state index in [-0.39, 0.29) is 23.2 Å². The number of benzene rings is 2. The summed E-state index contributed by atoms with van der Waals surface area (Å²) in [6.45, 7) is 4.29. The first-order chi connectivity index (χ1) is 10.00. The van der Waals surface area contributed by atoms with Gasteiger partial charge in [0, 0.05) is 16.6 Å². The van der Waals surface area contributed by atoms with E-state index >= 15 is 0 Å². The zero-order valence-electron chi connectivity index (χ0n) is 12.1. The van der Waals surface area contributed by atoms with Crippen molar-refractivity contribution >= 4 is 23.2 Å². The summed E-state index contributed by atoms with van der Waals surface area (Å²) in [4.78, 5) is 12.5. The number of anilines is 1. The molecule has 2 nitrogen and oxygen atoms in total. The van der Waals surface area contributed by atoms with Gasteiger partial charge in [0.25, 0.3) is 0 Å². The van der Waals surface area contributed by atoms with Crippen molar-refractivity contribution in [2.45, 2.75) is 19.8 Å². The summed E-state index contributed by atoms with van der Waals surface area (Å²) in [5.41, 5.74) is 1.97. The van der Waals surface area contributed by atoms with E-state index in [2.05, 4.69) is 31.3 Å². The van der Waals surface area contributed by atoms with Crippen LogP contribution in [-0.4, -0.2) is 5.91 Å². The maximum Gasteiger partial charge on any atom is 0.228 e. The fourth-order valence-corrected chi connectivity index (χ4v) is 3.39. The first-order valence-electron chi connectivity index (χ1n) is 7.11. The summed E-state index contributed by atoms with van der Waals surface area (Å²) in [5.74, 6) is 0.341. The molecule has 108 valence electrons. The van der Waals surface area contributed by atoms with E-state index in [1.807, 2.05) is 30.3 Å². The molecular formula is C18H18ClNO. The molecule has 21 heavy (non-hydrogen) atoms. The van der Waals surface area contributed by atoms with Crippen LogP contribution in [0, 0.1) is 11.3 Å². The molecule has 2 aromatic carbocycles. The Morgan fingerprint density at radius 2 is 1.81 bits per heavy atom. The van der Waals surface area contributed by atoms with Gasteiger partial charge in [0.05, 0.1) is 5.92 Å². The van der Waals surface area contributed by atoms with Crippen LogP contribution in [-0.2, 0) is 4.79 Å². The molecular weight excluding hydrogens is 282 g/mol. The van der Waals surface area contributed by atoms with Crippen LogP contribution in [0.2, 0.25) is 5.02 Å². The number of nitrogens with one attached hydrogen (secondary N) is 1. The van der Waals surface area contributed by atoms with Crippen LogP contribution in [0.3, 0.4) is 0 Å². The highest BCUT2D eigenvalue weighted by Gasteiger charge is 2.62. The van der Waals surface area contributed by atoms with E-state index in [9.17, 15) is 4.79 Å². The third-order valence-corrected chi connectivity index (χ3v) is 4.60. The Kier molecular flexibility index (Phi) is 3.50. The van der Waals surface area contributed by atoms with Crippen LogP contribution in [0.1, 0.15) is 25.3 Å². The van der Waals surface area contributed by atoms with E-state index in [0.717, 1.165) is 5.69 Å². The molecule has 0 spiro atoms. The minimum absolute atomic E-state index is 0.00104. The van der Waals surface area contributed by atoms with Crippen molar-refractivity contribution in [1.82, 2.24) is 0 Å². The number of halogens is 1. The van der Waals surface area contributed by atoms with Gasteiger partial charge in [0.1, 0.15) is 0 Å². The molecule has 1 aliphatic carbocycles. The molecule has 3 rings (SSSR count). The Morgan fingerprint density at radius 1 is 1.10 bits per heavy atom. The standard InChI is InChI=1S/C18H18ClNO/c1-18(2)15(12-7-4-3-5-8-12)16(18)17(21)20-14-10-6-9-13(19)11-14/h3-11,15-16H,1-2H3,(H,20,21). The summed E-state index contributed by atoms with van der Waals surface area (Å²) in [6, 6.07) is 17.5. The van der Waals surface area contributed by atoms with E-state index in [0.29, 0.717) is 5.02 Å². The van der Waals surface area contributed by atoms with Crippen LogP contribution in [0.15, 0.2) is 54.6 Å². The van der Waals surface area contributed by atoms with Gasteiger partial charge in [-0.3, -0.25) is 4.79 Å². The van der Waals surface area contributed by atoms with Gasteiger partial charge in [-0.1, -0.05) is 61.8 Å². The quantitative estimate of drug-likeness (QED) is 0.873. The Bertz CT molecular complexity index is 666. The highest BCUT2D eigenvalue weighted by molar-refractivity contribution is 6.30. The Morgan fingerprint density at radius 3 is 2.48 bits per heavy atom. The van der Waals surface area contributed by atoms with Gasteiger partial charge in [-0.15, -0.1) is 0 Å². The van der Waals surface area contributed by atoms with Gasteiger partial charge >= 0.3 is 0 Å². The third-order valence-electron chi connectivity index (χ3n) is 4.36. The molecule has 0 bridgehead atoms. The molecule has 3 heteroatoms. The first kappa shape index (κ1) is 14.2. The second kappa shape index (κ2) is 5.19. The normalized spacial score (nSPS) is 22.6. The Labute approximate surface area is 130 Å². The maximum atomic E-state index is 12.5. The fourth-order valence-electron chi connectivity index (χ4n) is 3.20. The van der Waals surface area contributed by atoms with Crippen molar-refractivity contribution in [1.29, 1.82) is 0 Å². The largest absolute Gasteiger partial charge is 0.326 e. The molecule has 1 saturated carbocycles. The van der Waals surface area contributed by atoms with Crippen LogP contribution in [0.5, 0.6) is 0 Å². The Balaban J connectivity index is 1.77. The third kappa shape index (κ3) is 2.68. The van der Waals surface area contributed by atoms with E-state index in [1.165, 1.54) is 5.56 Å². The number of hydrogen-bond acceptors (Lipinski definition) is 1. The molecule has 0 aliphatic heterocycles. The molecule has 0 radical (unpaired) electrons. The number of hydrogen-bond donors (Lipinski definition) is 1. The number of amides is 1. The van der Waals surface area contributed by atoms with Crippen molar-refractivity contribution in [3.05, 3.63) is 65.2 Å². The van der Waals surface area contributed by atoms with Gasteiger partial charge < -0.3 is 5.32 Å². The second-order valence-corrected chi connectivity index (χ2v) is 6.62. The average molecular weight is 300 g/mol. The lowest BCUT2D eigenvalue weighted by molar-refractivity contribution is -0.118. The first-order valence-corrected chi connectivity index (χ1v) is 7.49. The van der Waals surface area contributed by atoms with Crippen molar-refractivity contribution in [2.24, 2.45) is 11.3 Å². The highest BCUT2D eigenvalue weighted by atomic mass is 35.5. The van der Waals surface area contributed by atoms with Gasteiger partial charge in [0.2, 0.25) is 5.91 Å². The lowest BCUT2D eigenvalue weighted by atomic mass is 10.0. The minimum atomic E-state index is -0.00991. The maximum absolute atomic E-state index is 12.5. The molecule has 0 aromatic heterocycles. The average Bonchev–Trinajstić information content (AvgIpc) is 3.03. The van der Waals surface area contributed by atoms with Crippen molar-refractivity contribution < 1.29 is 4.79 Å². The van der Waals surface area contributed by atoms with Crippen LogP contribution < -0.4 is 5.32 Å². The van der Waals surface area contributed by atoms with Crippen LogP contribution >= 0.6 is 11.6 Å². The van der Waals surface area contributed by atoms with E-state index in [4.69, 9.17) is 11.6 Å². The van der Waals surface area contributed by atoms with Crippen molar-refractivity contribution in [3.63, 3.8) is 0 Å². The van der Waals surface area contributed by atoms with Gasteiger partial charge in [-0.25, -0.2) is 0 Å². The van der Waals surface area contributed by atoms with E-state index < -0.39 is 0 Å². The Hall–Kier alpha value is -1.80. The zero-order valence-corrected chi connectivity index (χ0v) is 12.9. The molecule has 1 fully saturated rings. The molecule has 2 unspecified atom stereocenters. The minimum Gasteiger partial charge on any atom is -0.326 e. The molecule has 1 amide bonds. The molecule has 2 atom stereocenters. The summed E-state index contributed by atoms with van der Waals surface area (Å²) in [6.07, 6.45) is 0. The zero-order chi connectivity index (χ0) is 15.0. The summed E-state index contributed by atoms with van der Waals surface area (Å²) >= 11 is 5.95. The molecule has 1 aliphatic rings. The molecule has 0 saturated heterocycles. The lowest BCUT2D eigenvalue weighted by Gasteiger charge is -2.06. The predicted octanol–water partition coefficient (Wildman–Crippen LogP) is 4.72.